The standard InChI is InChI=1S/C4H9NS/c1-4(2)3-5-6/h3-4,6H,1-2H3/b5-3+. The van der Waals surface area contributed by atoms with Gasteiger partial charge in [-0.3, -0.25) is 0 Å². The molecule has 0 aliphatic rings. The Labute approximate surface area is 44.0 Å². The normalized spacial score (nSPS) is 11.3. The average molecular weight is 103 g/mol. The first-order valence-electron chi connectivity index (χ1n) is 1.95. The molecule has 0 N–H and O–H groups in total. The van der Waals surface area contributed by atoms with Gasteiger partial charge in [0.15, 0.2) is 0 Å². The van der Waals surface area contributed by atoms with E-state index in [1.807, 2.05) is 0 Å². The highest BCUT2D eigenvalue weighted by Gasteiger charge is 1.78. The monoisotopic (exact) mass is 103 g/mol. The van der Waals surface area contributed by atoms with Crippen molar-refractivity contribution in [3.05, 3.63) is 0 Å². The van der Waals surface area contributed by atoms with Crippen LogP contribution in [0.15, 0.2) is 4.40 Å². The minimum Gasteiger partial charge on any atom is -0.232 e. The summed E-state index contributed by atoms with van der Waals surface area (Å²) in [5.41, 5.74) is 0. The minimum atomic E-state index is 0.530. The molecule has 0 fully saturated rings. The second-order valence-corrected chi connectivity index (χ2v) is 1.74. The first kappa shape index (κ1) is 6.02. The lowest BCUT2D eigenvalue weighted by Crippen LogP contribution is -1.82. The molecule has 0 aromatic heterocycles. The zero-order valence-electron chi connectivity index (χ0n) is 4.05. The third-order valence-electron chi connectivity index (χ3n) is 0.365. The zero-order chi connectivity index (χ0) is 4.99. The summed E-state index contributed by atoms with van der Waals surface area (Å²) in [6, 6.07) is 0. The molecule has 1 nitrogen and oxygen atoms in total. The molecule has 0 unspecified atom stereocenters. The van der Waals surface area contributed by atoms with E-state index < -0.39 is 0 Å². The lowest BCUT2D eigenvalue weighted by molar-refractivity contribution is 0.910. The molecule has 0 saturated carbocycles. The van der Waals surface area contributed by atoms with Gasteiger partial charge in [0.25, 0.3) is 0 Å². The molecule has 0 aliphatic carbocycles. The smallest absolute Gasteiger partial charge is 0.0148 e. The van der Waals surface area contributed by atoms with Crippen molar-refractivity contribution in [2.24, 2.45) is 10.3 Å². The lowest BCUT2D eigenvalue weighted by atomic mass is 10.3. The van der Waals surface area contributed by atoms with Gasteiger partial charge in [0.05, 0.1) is 0 Å². The van der Waals surface area contributed by atoms with Crippen LogP contribution >= 0.6 is 12.8 Å². The molecule has 0 aromatic rings. The highest BCUT2D eigenvalue weighted by atomic mass is 32.1. The topological polar surface area (TPSA) is 12.4 Å². The van der Waals surface area contributed by atoms with Crippen molar-refractivity contribution >= 4 is 19.0 Å². The fourth-order valence-electron chi connectivity index (χ4n) is 0.133. The zero-order valence-corrected chi connectivity index (χ0v) is 4.94. The molecule has 36 valence electrons. The van der Waals surface area contributed by atoms with E-state index in [-0.39, 0.29) is 0 Å². The van der Waals surface area contributed by atoms with Crippen LogP contribution < -0.4 is 0 Å². The summed E-state index contributed by atoms with van der Waals surface area (Å²) in [5.74, 6) is 0.530. The second-order valence-electron chi connectivity index (χ2n) is 1.51. The molecule has 0 saturated heterocycles. The van der Waals surface area contributed by atoms with E-state index in [2.05, 4.69) is 31.1 Å². The number of hydrogen-bond acceptors (Lipinski definition) is 2. The van der Waals surface area contributed by atoms with Crippen molar-refractivity contribution < 1.29 is 0 Å². The van der Waals surface area contributed by atoms with Gasteiger partial charge in [-0.15, -0.1) is 0 Å². The van der Waals surface area contributed by atoms with E-state index in [1.165, 1.54) is 0 Å². The molecule has 0 atom stereocenters. The Hall–Kier alpha value is 0.0200. The highest BCUT2D eigenvalue weighted by molar-refractivity contribution is 7.78. The van der Waals surface area contributed by atoms with Gasteiger partial charge < -0.3 is 0 Å². The van der Waals surface area contributed by atoms with Crippen molar-refractivity contribution in [3.63, 3.8) is 0 Å². The van der Waals surface area contributed by atoms with E-state index in [4.69, 9.17) is 0 Å². The van der Waals surface area contributed by atoms with Gasteiger partial charge >= 0.3 is 0 Å². The minimum absolute atomic E-state index is 0.530. The molecule has 0 amide bonds. The fourth-order valence-corrected chi connectivity index (χ4v) is 0.400. The van der Waals surface area contributed by atoms with E-state index >= 15 is 0 Å². The predicted octanol–water partition coefficient (Wildman–Crippen LogP) is 1.56. The molecule has 0 aliphatic heterocycles. The Balaban J connectivity index is 3.03. The number of hydrogen-bond donors (Lipinski definition) is 1. The number of rotatable bonds is 1. The predicted molar refractivity (Wildman–Crippen MR) is 32.3 cm³/mol. The summed E-state index contributed by atoms with van der Waals surface area (Å²) >= 11 is 3.63. The maximum atomic E-state index is 3.63. The van der Waals surface area contributed by atoms with Crippen LogP contribution in [-0.4, -0.2) is 6.21 Å². The van der Waals surface area contributed by atoms with Crippen molar-refractivity contribution in [1.82, 2.24) is 0 Å². The third-order valence-corrected chi connectivity index (χ3v) is 0.498. The Kier molecular flexibility index (Phi) is 3.23. The van der Waals surface area contributed by atoms with Crippen molar-refractivity contribution in [2.45, 2.75) is 13.8 Å². The fraction of sp³-hybridized carbons (Fsp3) is 0.750. The summed E-state index contributed by atoms with van der Waals surface area (Å²) in [4.78, 5) is 0. The SMILES string of the molecule is CC(C)/C=N/S. The summed E-state index contributed by atoms with van der Waals surface area (Å²) in [5, 5.41) is 0. The Bertz CT molecular complexity index is 49.5. The van der Waals surface area contributed by atoms with Crippen LogP contribution in [0.2, 0.25) is 0 Å². The van der Waals surface area contributed by atoms with E-state index in [0.717, 1.165) is 0 Å². The second kappa shape index (κ2) is 3.22. The van der Waals surface area contributed by atoms with Crippen LogP contribution in [0.4, 0.5) is 0 Å². The summed E-state index contributed by atoms with van der Waals surface area (Å²) < 4.78 is 3.50. The summed E-state index contributed by atoms with van der Waals surface area (Å²) in [6.45, 7) is 4.11. The van der Waals surface area contributed by atoms with Gasteiger partial charge in [-0.2, -0.15) is 0 Å². The molecule has 0 aromatic carbocycles. The van der Waals surface area contributed by atoms with Gasteiger partial charge in [0, 0.05) is 6.21 Å². The van der Waals surface area contributed by atoms with Crippen molar-refractivity contribution in [3.8, 4) is 0 Å². The van der Waals surface area contributed by atoms with Crippen molar-refractivity contribution in [1.29, 1.82) is 0 Å². The molecule has 6 heavy (non-hydrogen) atoms. The maximum Gasteiger partial charge on any atom is 0.0148 e. The van der Waals surface area contributed by atoms with Crippen LogP contribution in [0.5, 0.6) is 0 Å². The molecule has 0 heterocycles. The molecule has 0 spiro atoms. The van der Waals surface area contributed by atoms with Crippen LogP contribution in [-0.2, 0) is 0 Å². The van der Waals surface area contributed by atoms with Gasteiger partial charge in [-0.1, -0.05) is 13.8 Å². The Morgan fingerprint density at radius 3 is 2.17 bits per heavy atom. The largest absolute Gasteiger partial charge is 0.232 e. The summed E-state index contributed by atoms with van der Waals surface area (Å²) in [7, 11) is 0. The van der Waals surface area contributed by atoms with E-state index in [0.29, 0.717) is 5.92 Å². The van der Waals surface area contributed by atoms with Gasteiger partial charge in [0.1, 0.15) is 0 Å². The van der Waals surface area contributed by atoms with E-state index in [1.54, 1.807) is 6.21 Å². The number of thiol groups is 1. The highest BCUT2D eigenvalue weighted by Crippen LogP contribution is 1.84. The van der Waals surface area contributed by atoms with Crippen LogP contribution in [0.1, 0.15) is 13.8 Å². The Morgan fingerprint density at radius 2 is 2.17 bits per heavy atom. The van der Waals surface area contributed by atoms with Crippen LogP contribution in [0.25, 0.3) is 0 Å². The van der Waals surface area contributed by atoms with Gasteiger partial charge in [0.2, 0.25) is 0 Å². The number of nitrogens with zero attached hydrogens (tertiary/aromatic N) is 1. The lowest BCUT2D eigenvalue weighted by Gasteiger charge is -1.85. The third kappa shape index (κ3) is 4.02. The Morgan fingerprint density at radius 1 is 1.67 bits per heavy atom. The maximum absolute atomic E-state index is 3.63. The van der Waals surface area contributed by atoms with Crippen LogP contribution in [0, 0.1) is 5.92 Å². The molecule has 2 heteroatoms. The van der Waals surface area contributed by atoms with Gasteiger partial charge in [-0.25, -0.2) is 4.40 Å². The van der Waals surface area contributed by atoms with E-state index in [9.17, 15) is 0 Å². The van der Waals surface area contributed by atoms with Crippen molar-refractivity contribution in [2.75, 3.05) is 0 Å². The molecular formula is C4H9NS. The molecule has 0 bridgehead atoms. The molecular weight excluding hydrogens is 94.1 g/mol. The van der Waals surface area contributed by atoms with Gasteiger partial charge in [-0.05, 0) is 18.7 Å². The first-order valence-corrected chi connectivity index (χ1v) is 2.35. The average Bonchev–Trinajstić information content (AvgIpc) is 1.35. The molecule has 0 rings (SSSR count). The summed E-state index contributed by atoms with van der Waals surface area (Å²) in [6.07, 6.45) is 1.78. The first-order chi connectivity index (χ1) is 2.77. The molecule has 0 radical (unpaired) electrons. The van der Waals surface area contributed by atoms with Crippen LogP contribution in [0.3, 0.4) is 0 Å². The quantitative estimate of drug-likeness (QED) is 0.382.